The van der Waals surface area contributed by atoms with Crippen molar-refractivity contribution >= 4 is 48.9 Å². The van der Waals surface area contributed by atoms with Crippen molar-refractivity contribution in [3.05, 3.63) is 62.7 Å². The topological polar surface area (TPSA) is 102 Å². The summed E-state index contributed by atoms with van der Waals surface area (Å²) in [5.74, 6) is 0. The molecule has 0 atom stereocenters. The van der Waals surface area contributed by atoms with Crippen LogP contribution in [0, 0.1) is 13.8 Å². The van der Waals surface area contributed by atoms with Crippen LogP contribution >= 0.6 is 15.9 Å². The van der Waals surface area contributed by atoms with Gasteiger partial charge < -0.3 is 15.3 Å². The van der Waals surface area contributed by atoms with E-state index >= 15 is 0 Å². The van der Waals surface area contributed by atoms with E-state index in [0.717, 1.165) is 56.3 Å². The molecule has 156 valence electrons. The van der Waals surface area contributed by atoms with Gasteiger partial charge in [-0.25, -0.2) is 15.0 Å². The largest absolute Gasteiger partial charge is 0.347 e. The van der Waals surface area contributed by atoms with Crippen LogP contribution in [0.4, 0.5) is 0 Å². The predicted molar refractivity (Wildman–Crippen MR) is 127 cm³/mol. The number of nitrogens with zero attached hydrogens (tertiary/aromatic N) is 4. The molecule has 0 aliphatic rings. The number of aryl methyl sites for hydroxylation is 3. The maximum atomic E-state index is 13.0. The SMILES string of the molecule is Cc1nc2cc3nc(-c4cn(CCCN)c5ccc(Br)cc45)c(=O)[nH]c3cc2nc1C. The smallest absolute Gasteiger partial charge is 0.275 e. The van der Waals surface area contributed by atoms with Gasteiger partial charge in [-0.3, -0.25) is 4.79 Å². The summed E-state index contributed by atoms with van der Waals surface area (Å²) in [6.45, 7) is 5.24. The average molecular weight is 477 g/mol. The second-order valence-corrected chi connectivity index (χ2v) is 8.62. The summed E-state index contributed by atoms with van der Waals surface area (Å²) in [5, 5.41) is 0.968. The van der Waals surface area contributed by atoms with Gasteiger partial charge in [-0.2, -0.15) is 0 Å². The van der Waals surface area contributed by atoms with Gasteiger partial charge in [0.15, 0.2) is 0 Å². The third kappa shape index (κ3) is 3.41. The fourth-order valence-electron chi connectivity index (χ4n) is 3.90. The summed E-state index contributed by atoms with van der Waals surface area (Å²) in [7, 11) is 0. The highest BCUT2D eigenvalue weighted by Gasteiger charge is 2.16. The molecule has 0 aliphatic heterocycles. The molecule has 0 aliphatic carbocycles. The molecule has 0 amide bonds. The van der Waals surface area contributed by atoms with Crippen LogP contribution in [0.3, 0.4) is 0 Å². The Balaban J connectivity index is 1.76. The minimum absolute atomic E-state index is 0.235. The molecule has 5 aromatic rings. The number of aromatic nitrogens is 5. The van der Waals surface area contributed by atoms with Gasteiger partial charge in [0, 0.05) is 33.7 Å². The molecule has 0 saturated heterocycles. The van der Waals surface area contributed by atoms with Gasteiger partial charge in [0.25, 0.3) is 5.56 Å². The van der Waals surface area contributed by atoms with Crippen LogP contribution in [0.15, 0.2) is 45.8 Å². The maximum Gasteiger partial charge on any atom is 0.275 e. The van der Waals surface area contributed by atoms with Gasteiger partial charge in [-0.05, 0) is 57.1 Å². The van der Waals surface area contributed by atoms with Crippen molar-refractivity contribution in [1.82, 2.24) is 24.5 Å². The number of aromatic amines is 1. The third-order valence-corrected chi connectivity index (χ3v) is 6.08. The summed E-state index contributed by atoms with van der Waals surface area (Å²) < 4.78 is 3.08. The van der Waals surface area contributed by atoms with E-state index in [1.165, 1.54) is 0 Å². The van der Waals surface area contributed by atoms with Crippen LogP contribution < -0.4 is 11.3 Å². The van der Waals surface area contributed by atoms with Crippen molar-refractivity contribution in [2.24, 2.45) is 5.73 Å². The van der Waals surface area contributed by atoms with E-state index in [0.29, 0.717) is 23.3 Å². The monoisotopic (exact) mass is 476 g/mol. The Morgan fingerprint density at radius 2 is 1.77 bits per heavy atom. The molecule has 0 spiro atoms. The molecule has 2 aromatic carbocycles. The minimum atomic E-state index is -0.235. The summed E-state index contributed by atoms with van der Waals surface area (Å²) >= 11 is 3.55. The molecular formula is C23H21BrN6O. The first kappa shape index (κ1) is 19.8. The lowest BCUT2D eigenvalue weighted by atomic mass is 10.1. The fraction of sp³-hybridized carbons (Fsp3) is 0.217. The van der Waals surface area contributed by atoms with Crippen molar-refractivity contribution in [2.75, 3.05) is 6.54 Å². The zero-order valence-electron chi connectivity index (χ0n) is 17.2. The van der Waals surface area contributed by atoms with Crippen molar-refractivity contribution in [2.45, 2.75) is 26.8 Å². The van der Waals surface area contributed by atoms with Crippen LogP contribution in [0.5, 0.6) is 0 Å². The Kier molecular flexibility index (Phi) is 4.83. The molecule has 8 heteroatoms. The normalized spacial score (nSPS) is 11.7. The van der Waals surface area contributed by atoms with Crippen molar-refractivity contribution in [3.63, 3.8) is 0 Å². The van der Waals surface area contributed by atoms with Gasteiger partial charge >= 0.3 is 0 Å². The van der Waals surface area contributed by atoms with Gasteiger partial charge in [-0.1, -0.05) is 15.9 Å². The van der Waals surface area contributed by atoms with Crippen LogP contribution in [-0.2, 0) is 6.54 Å². The number of hydrogen-bond donors (Lipinski definition) is 2. The Hall–Kier alpha value is -3.10. The predicted octanol–water partition coefficient (Wildman–Crippen LogP) is 4.22. The van der Waals surface area contributed by atoms with E-state index in [2.05, 4.69) is 35.4 Å². The Morgan fingerprint density at radius 3 is 2.52 bits per heavy atom. The Bertz CT molecular complexity index is 1540. The van der Waals surface area contributed by atoms with Crippen LogP contribution in [0.1, 0.15) is 17.8 Å². The number of nitrogens with two attached hydrogens (primary N) is 1. The highest BCUT2D eigenvalue weighted by molar-refractivity contribution is 9.10. The summed E-state index contributed by atoms with van der Waals surface area (Å²) in [4.78, 5) is 30.0. The zero-order chi connectivity index (χ0) is 21.7. The number of H-pyrrole nitrogens is 1. The van der Waals surface area contributed by atoms with E-state index < -0.39 is 0 Å². The van der Waals surface area contributed by atoms with Gasteiger partial charge in [0.05, 0.1) is 33.5 Å². The van der Waals surface area contributed by atoms with Crippen molar-refractivity contribution in [1.29, 1.82) is 0 Å². The van der Waals surface area contributed by atoms with E-state index in [9.17, 15) is 4.79 Å². The second kappa shape index (κ2) is 7.55. The molecule has 0 saturated carbocycles. The molecule has 0 bridgehead atoms. The van der Waals surface area contributed by atoms with Crippen molar-refractivity contribution in [3.8, 4) is 11.3 Å². The molecule has 3 heterocycles. The van der Waals surface area contributed by atoms with Crippen LogP contribution in [0.25, 0.3) is 44.2 Å². The molecule has 7 nitrogen and oxygen atoms in total. The molecule has 0 unspecified atom stereocenters. The standard InChI is InChI=1S/C23H21BrN6O/c1-12-13(2)27-18-10-20-19(9-17(18)26-12)28-22(23(31)29-20)16-11-30(7-3-6-25)21-5-4-14(24)8-15(16)21/h4-5,8-11H,3,6-7,25H2,1-2H3,(H,29,31). The van der Waals surface area contributed by atoms with Gasteiger partial charge in [0.1, 0.15) is 5.69 Å². The molecule has 0 radical (unpaired) electrons. The lowest BCUT2D eigenvalue weighted by Gasteiger charge is -2.06. The number of halogens is 1. The molecule has 31 heavy (non-hydrogen) atoms. The second-order valence-electron chi connectivity index (χ2n) is 7.71. The number of rotatable bonds is 4. The zero-order valence-corrected chi connectivity index (χ0v) is 18.8. The maximum absolute atomic E-state index is 13.0. The molecule has 0 fully saturated rings. The molecule has 5 rings (SSSR count). The lowest BCUT2D eigenvalue weighted by molar-refractivity contribution is 0.671. The van der Waals surface area contributed by atoms with E-state index in [1.807, 2.05) is 50.4 Å². The first-order chi connectivity index (χ1) is 14.9. The molecule has 3 N–H and O–H groups in total. The van der Waals surface area contributed by atoms with E-state index in [-0.39, 0.29) is 5.56 Å². The van der Waals surface area contributed by atoms with Crippen molar-refractivity contribution < 1.29 is 0 Å². The highest BCUT2D eigenvalue weighted by atomic mass is 79.9. The lowest BCUT2D eigenvalue weighted by Crippen LogP contribution is -2.11. The van der Waals surface area contributed by atoms with E-state index in [4.69, 9.17) is 10.7 Å². The molecule has 3 aromatic heterocycles. The van der Waals surface area contributed by atoms with Gasteiger partial charge in [-0.15, -0.1) is 0 Å². The summed E-state index contributed by atoms with van der Waals surface area (Å²) in [6.07, 6.45) is 2.84. The Morgan fingerprint density at radius 1 is 1.03 bits per heavy atom. The Labute approximate surface area is 186 Å². The summed E-state index contributed by atoms with van der Waals surface area (Å²) in [5.41, 5.74) is 12.3. The minimum Gasteiger partial charge on any atom is -0.347 e. The quantitative estimate of drug-likeness (QED) is 0.378. The van der Waals surface area contributed by atoms with Gasteiger partial charge in [0.2, 0.25) is 0 Å². The molecular weight excluding hydrogens is 456 g/mol. The number of hydrogen-bond acceptors (Lipinski definition) is 5. The first-order valence-electron chi connectivity index (χ1n) is 10.1. The number of nitrogens with one attached hydrogen (secondary N) is 1. The third-order valence-electron chi connectivity index (χ3n) is 5.59. The highest BCUT2D eigenvalue weighted by Crippen LogP contribution is 2.31. The van der Waals surface area contributed by atoms with Crippen LogP contribution in [0.2, 0.25) is 0 Å². The fourth-order valence-corrected chi connectivity index (χ4v) is 4.26. The number of benzene rings is 2. The van der Waals surface area contributed by atoms with Crippen LogP contribution in [-0.4, -0.2) is 31.0 Å². The summed E-state index contributed by atoms with van der Waals surface area (Å²) in [6, 6.07) is 9.78. The average Bonchev–Trinajstić information content (AvgIpc) is 3.09. The van der Waals surface area contributed by atoms with E-state index in [1.54, 1.807) is 0 Å². The number of fused-ring (bicyclic) bond motifs is 3. The first-order valence-corrected chi connectivity index (χ1v) is 10.9.